The average molecular weight is 363 g/mol. The summed E-state index contributed by atoms with van der Waals surface area (Å²) in [5.41, 5.74) is 3.37. The molecular weight excluding hydrogens is 338 g/mol. The molecule has 0 aliphatic rings. The van der Waals surface area contributed by atoms with Crippen molar-refractivity contribution in [1.82, 2.24) is 9.97 Å². The number of nitrogens with zero attached hydrogens (tertiary/aromatic N) is 3. The Morgan fingerprint density at radius 3 is 2.48 bits per heavy atom. The van der Waals surface area contributed by atoms with Crippen LogP contribution in [0.4, 0.5) is 23.0 Å². The highest BCUT2D eigenvalue weighted by Crippen LogP contribution is 2.21. The van der Waals surface area contributed by atoms with Crippen molar-refractivity contribution in [2.75, 3.05) is 43.3 Å². The van der Waals surface area contributed by atoms with Crippen LogP contribution in [0.15, 0.2) is 60.9 Å². The van der Waals surface area contributed by atoms with Gasteiger partial charge in [0.15, 0.2) is 0 Å². The van der Waals surface area contributed by atoms with Crippen LogP contribution in [0, 0.1) is 0 Å². The molecule has 0 radical (unpaired) electrons. The highest BCUT2D eigenvalue weighted by Gasteiger charge is 2.02. The van der Waals surface area contributed by atoms with Crippen molar-refractivity contribution in [1.29, 1.82) is 0 Å². The molecule has 0 atom stereocenters. The van der Waals surface area contributed by atoms with Crippen molar-refractivity contribution in [3.63, 3.8) is 0 Å². The standard InChI is InChI=1S/C21H25N5O/c1-26(2)18-6-4-5-17(13-18)25-21-14-20(23-15-24-21)22-12-11-16-7-9-19(27-3)10-8-16/h4-10,13-15H,11-12H2,1-3H3,(H2,22,23,24,25). The van der Waals surface area contributed by atoms with Gasteiger partial charge in [-0.2, -0.15) is 0 Å². The fourth-order valence-electron chi connectivity index (χ4n) is 2.66. The quantitative estimate of drug-likeness (QED) is 0.632. The van der Waals surface area contributed by atoms with E-state index in [1.165, 1.54) is 5.56 Å². The van der Waals surface area contributed by atoms with Crippen LogP contribution in [-0.2, 0) is 6.42 Å². The van der Waals surface area contributed by atoms with Crippen LogP contribution in [-0.4, -0.2) is 37.7 Å². The van der Waals surface area contributed by atoms with Crippen molar-refractivity contribution in [3.05, 3.63) is 66.5 Å². The zero-order chi connectivity index (χ0) is 19.1. The minimum absolute atomic E-state index is 0.757. The van der Waals surface area contributed by atoms with Crippen molar-refractivity contribution in [2.45, 2.75) is 6.42 Å². The number of hydrogen-bond donors (Lipinski definition) is 2. The minimum atomic E-state index is 0.757. The number of benzene rings is 2. The summed E-state index contributed by atoms with van der Waals surface area (Å²) in [5, 5.41) is 6.68. The molecule has 3 aromatic rings. The predicted octanol–water partition coefficient (Wildman–Crippen LogP) is 3.95. The van der Waals surface area contributed by atoms with Gasteiger partial charge in [0.25, 0.3) is 0 Å². The van der Waals surface area contributed by atoms with Crippen molar-refractivity contribution in [3.8, 4) is 5.75 Å². The van der Waals surface area contributed by atoms with Crippen LogP contribution >= 0.6 is 0 Å². The fraction of sp³-hybridized carbons (Fsp3) is 0.238. The summed E-state index contributed by atoms with van der Waals surface area (Å²) in [6, 6.07) is 18.2. The molecule has 6 nitrogen and oxygen atoms in total. The number of ether oxygens (including phenoxy) is 1. The average Bonchev–Trinajstić information content (AvgIpc) is 2.69. The highest BCUT2D eigenvalue weighted by molar-refractivity contribution is 5.64. The van der Waals surface area contributed by atoms with E-state index in [0.29, 0.717) is 0 Å². The van der Waals surface area contributed by atoms with Crippen LogP contribution in [0.3, 0.4) is 0 Å². The van der Waals surface area contributed by atoms with Gasteiger partial charge in [0.05, 0.1) is 7.11 Å². The van der Waals surface area contributed by atoms with E-state index in [0.717, 1.165) is 41.7 Å². The Balaban J connectivity index is 1.57. The van der Waals surface area contributed by atoms with Crippen LogP contribution in [0.1, 0.15) is 5.56 Å². The van der Waals surface area contributed by atoms with Gasteiger partial charge in [-0.15, -0.1) is 0 Å². The fourth-order valence-corrected chi connectivity index (χ4v) is 2.66. The molecule has 0 unspecified atom stereocenters. The second kappa shape index (κ2) is 8.89. The first-order valence-electron chi connectivity index (χ1n) is 8.87. The van der Waals surface area contributed by atoms with Crippen molar-refractivity contribution < 1.29 is 4.74 Å². The zero-order valence-corrected chi connectivity index (χ0v) is 15.9. The largest absolute Gasteiger partial charge is 0.497 e. The maximum Gasteiger partial charge on any atom is 0.135 e. The van der Waals surface area contributed by atoms with E-state index in [4.69, 9.17) is 4.74 Å². The number of hydrogen-bond acceptors (Lipinski definition) is 6. The molecule has 140 valence electrons. The van der Waals surface area contributed by atoms with Crippen LogP contribution in [0.2, 0.25) is 0 Å². The Hall–Kier alpha value is -3.28. The molecule has 0 spiro atoms. The maximum absolute atomic E-state index is 5.18. The van der Waals surface area contributed by atoms with E-state index >= 15 is 0 Å². The molecule has 0 aliphatic carbocycles. The molecule has 0 saturated heterocycles. The minimum Gasteiger partial charge on any atom is -0.497 e. The Morgan fingerprint density at radius 2 is 1.74 bits per heavy atom. The number of rotatable bonds is 8. The van der Waals surface area contributed by atoms with E-state index in [1.54, 1.807) is 13.4 Å². The van der Waals surface area contributed by atoms with Crippen LogP contribution in [0.5, 0.6) is 5.75 Å². The van der Waals surface area contributed by atoms with Gasteiger partial charge in [-0.3, -0.25) is 0 Å². The Labute approximate surface area is 160 Å². The van der Waals surface area contributed by atoms with Gasteiger partial charge in [-0.25, -0.2) is 9.97 Å². The molecule has 0 amide bonds. The number of aromatic nitrogens is 2. The van der Waals surface area contributed by atoms with Gasteiger partial charge in [0.2, 0.25) is 0 Å². The monoisotopic (exact) mass is 363 g/mol. The van der Waals surface area contributed by atoms with Gasteiger partial charge in [-0.1, -0.05) is 18.2 Å². The SMILES string of the molecule is COc1ccc(CCNc2cc(Nc3cccc(N(C)C)c3)ncn2)cc1. The first-order chi connectivity index (χ1) is 13.1. The first kappa shape index (κ1) is 18.5. The molecule has 27 heavy (non-hydrogen) atoms. The molecule has 3 rings (SSSR count). The van der Waals surface area contributed by atoms with Crippen LogP contribution < -0.4 is 20.3 Å². The van der Waals surface area contributed by atoms with Gasteiger partial charge >= 0.3 is 0 Å². The Bertz CT molecular complexity index is 864. The van der Waals surface area contributed by atoms with E-state index in [1.807, 2.05) is 44.4 Å². The molecular formula is C21H25N5O. The lowest BCUT2D eigenvalue weighted by Gasteiger charge is -2.14. The third kappa shape index (κ3) is 5.34. The van der Waals surface area contributed by atoms with Gasteiger partial charge in [-0.05, 0) is 42.3 Å². The summed E-state index contributed by atoms with van der Waals surface area (Å²) in [7, 11) is 5.72. The molecule has 2 aromatic carbocycles. The summed E-state index contributed by atoms with van der Waals surface area (Å²) in [4.78, 5) is 10.7. The highest BCUT2D eigenvalue weighted by atomic mass is 16.5. The molecule has 1 heterocycles. The lowest BCUT2D eigenvalue weighted by Crippen LogP contribution is -2.09. The topological polar surface area (TPSA) is 62.3 Å². The lowest BCUT2D eigenvalue weighted by atomic mass is 10.1. The van der Waals surface area contributed by atoms with E-state index < -0.39 is 0 Å². The van der Waals surface area contributed by atoms with E-state index in [2.05, 4.69) is 49.8 Å². The third-order valence-corrected chi connectivity index (χ3v) is 4.18. The van der Waals surface area contributed by atoms with Gasteiger partial charge in [0, 0.05) is 38.1 Å². The molecule has 2 N–H and O–H groups in total. The van der Waals surface area contributed by atoms with E-state index in [-0.39, 0.29) is 0 Å². The van der Waals surface area contributed by atoms with Crippen molar-refractivity contribution in [2.24, 2.45) is 0 Å². The normalized spacial score (nSPS) is 10.3. The number of nitrogens with one attached hydrogen (secondary N) is 2. The second-order valence-electron chi connectivity index (χ2n) is 6.38. The molecule has 0 fully saturated rings. The second-order valence-corrected chi connectivity index (χ2v) is 6.38. The molecule has 0 aliphatic heterocycles. The summed E-state index contributed by atoms with van der Waals surface area (Å²) in [6.45, 7) is 0.791. The maximum atomic E-state index is 5.18. The summed E-state index contributed by atoms with van der Waals surface area (Å²) >= 11 is 0. The lowest BCUT2D eigenvalue weighted by molar-refractivity contribution is 0.414. The van der Waals surface area contributed by atoms with E-state index in [9.17, 15) is 0 Å². The summed E-state index contributed by atoms with van der Waals surface area (Å²) in [6.07, 6.45) is 2.47. The molecule has 0 bridgehead atoms. The Morgan fingerprint density at radius 1 is 0.963 bits per heavy atom. The summed E-state index contributed by atoms with van der Waals surface area (Å²) < 4.78 is 5.18. The molecule has 0 saturated carbocycles. The van der Waals surface area contributed by atoms with Crippen molar-refractivity contribution >= 4 is 23.0 Å². The predicted molar refractivity (Wildman–Crippen MR) is 111 cm³/mol. The zero-order valence-electron chi connectivity index (χ0n) is 15.9. The number of methoxy groups -OCH3 is 1. The first-order valence-corrected chi connectivity index (χ1v) is 8.87. The molecule has 1 aromatic heterocycles. The third-order valence-electron chi connectivity index (χ3n) is 4.18. The summed E-state index contributed by atoms with van der Waals surface area (Å²) in [5.74, 6) is 2.43. The molecule has 6 heteroatoms. The van der Waals surface area contributed by atoms with Crippen LogP contribution in [0.25, 0.3) is 0 Å². The van der Waals surface area contributed by atoms with Gasteiger partial charge < -0.3 is 20.3 Å². The van der Waals surface area contributed by atoms with Gasteiger partial charge in [0.1, 0.15) is 23.7 Å². The smallest absolute Gasteiger partial charge is 0.135 e. The Kier molecular flexibility index (Phi) is 6.10. The number of anilines is 4.